The van der Waals surface area contributed by atoms with Crippen molar-refractivity contribution in [2.45, 2.75) is 13.1 Å². The molecule has 1 aliphatic rings. The van der Waals surface area contributed by atoms with Crippen LogP contribution in [-0.4, -0.2) is 41.0 Å². The largest absolute Gasteiger partial charge is 0.297 e. The van der Waals surface area contributed by atoms with E-state index in [4.69, 9.17) is 0 Å². The maximum Gasteiger partial charge on any atom is 0.0346 e. The summed E-state index contributed by atoms with van der Waals surface area (Å²) in [5.74, 6) is 0. The first-order valence-electron chi connectivity index (χ1n) is 8.84. The lowest BCUT2D eigenvalue weighted by molar-refractivity contribution is 0.123. The Balaban J connectivity index is 1.30. The van der Waals surface area contributed by atoms with E-state index in [0.717, 1.165) is 39.3 Å². The van der Waals surface area contributed by atoms with Crippen molar-refractivity contribution in [1.29, 1.82) is 0 Å². The highest BCUT2D eigenvalue weighted by Crippen LogP contribution is 2.28. The van der Waals surface area contributed by atoms with E-state index in [1.54, 1.807) is 0 Å². The summed E-state index contributed by atoms with van der Waals surface area (Å²) < 4.78 is 0. The van der Waals surface area contributed by atoms with E-state index in [1.165, 1.54) is 20.9 Å². The summed E-state index contributed by atoms with van der Waals surface area (Å²) in [5, 5.41) is 0. The lowest BCUT2D eigenvalue weighted by atomic mass is 10.2. The van der Waals surface area contributed by atoms with Gasteiger partial charge in [0.2, 0.25) is 0 Å². The standard InChI is InChI=1S/C21H23N3S/c1-2-4-19(5-3-1)21-7-6-20(25-21)17-24-14-12-23(13-15-24)16-18-8-10-22-11-9-18/h1-11H,12-17H2. The van der Waals surface area contributed by atoms with E-state index < -0.39 is 0 Å². The summed E-state index contributed by atoms with van der Waals surface area (Å²) in [6.07, 6.45) is 3.76. The molecule has 0 spiro atoms. The van der Waals surface area contributed by atoms with Gasteiger partial charge in [-0.25, -0.2) is 0 Å². The second kappa shape index (κ2) is 7.91. The van der Waals surface area contributed by atoms with E-state index in [-0.39, 0.29) is 0 Å². The molecule has 0 unspecified atom stereocenters. The van der Waals surface area contributed by atoms with Crippen molar-refractivity contribution < 1.29 is 0 Å². The van der Waals surface area contributed by atoms with Gasteiger partial charge in [-0.05, 0) is 35.4 Å². The smallest absolute Gasteiger partial charge is 0.0346 e. The summed E-state index contributed by atoms with van der Waals surface area (Å²) in [6.45, 7) is 6.67. The summed E-state index contributed by atoms with van der Waals surface area (Å²) in [5.41, 5.74) is 2.68. The minimum atomic E-state index is 1.04. The van der Waals surface area contributed by atoms with Gasteiger partial charge in [-0.1, -0.05) is 30.3 Å². The Morgan fingerprint density at radius 3 is 2.16 bits per heavy atom. The molecule has 1 saturated heterocycles. The van der Waals surface area contributed by atoms with Crippen LogP contribution in [0.2, 0.25) is 0 Å². The Morgan fingerprint density at radius 2 is 1.44 bits per heavy atom. The van der Waals surface area contributed by atoms with Gasteiger partial charge in [-0.3, -0.25) is 14.8 Å². The Morgan fingerprint density at radius 1 is 0.760 bits per heavy atom. The van der Waals surface area contributed by atoms with Gasteiger partial charge in [0.1, 0.15) is 0 Å². The van der Waals surface area contributed by atoms with Crippen LogP contribution in [0.25, 0.3) is 10.4 Å². The fraction of sp³-hybridized carbons (Fsp3) is 0.286. The Hall–Kier alpha value is -2.01. The van der Waals surface area contributed by atoms with Crippen LogP contribution in [0.15, 0.2) is 67.0 Å². The van der Waals surface area contributed by atoms with Gasteiger partial charge in [0.15, 0.2) is 0 Å². The maximum atomic E-state index is 4.10. The topological polar surface area (TPSA) is 19.4 Å². The van der Waals surface area contributed by atoms with Crippen LogP contribution < -0.4 is 0 Å². The van der Waals surface area contributed by atoms with Crippen molar-refractivity contribution >= 4 is 11.3 Å². The molecule has 4 heteroatoms. The predicted molar refractivity (Wildman–Crippen MR) is 105 cm³/mol. The van der Waals surface area contributed by atoms with Crippen molar-refractivity contribution in [2.75, 3.05) is 26.2 Å². The molecule has 0 N–H and O–H groups in total. The number of piperazine rings is 1. The van der Waals surface area contributed by atoms with Crippen LogP contribution in [0.1, 0.15) is 10.4 Å². The maximum absolute atomic E-state index is 4.10. The molecule has 0 radical (unpaired) electrons. The zero-order valence-electron chi connectivity index (χ0n) is 14.3. The van der Waals surface area contributed by atoms with Gasteiger partial charge < -0.3 is 0 Å². The minimum Gasteiger partial charge on any atom is -0.297 e. The van der Waals surface area contributed by atoms with Crippen LogP contribution in [0, 0.1) is 0 Å². The van der Waals surface area contributed by atoms with Crippen molar-refractivity contribution in [1.82, 2.24) is 14.8 Å². The normalized spacial score (nSPS) is 16.2. The van der Waals surface area contributed by atoms with Crippen LogP contribution in [0.3, 0.4) is 0 Å². The molecule has 128 valence electrons. The second-order valence-electron chi connectivity index (χ2n) is 6.54. The van der Waals surface area contributed by atoms with Crippen LogP contribution in [0.5, 0.6) is 0 Å². The Labute approximate surface area is 153 Å². The Kier molecular flexibility index (Phi) is 5.21. The number of hydrogen-bond donors (Lipinski definition) is 0. The van der Waals surface area contributed by atoms with E-state index in [2.05, 4.69) is 69.4 Å². The van der Waals surface area contributed by atoms with Gasteiger partial charge in [-0.2, -0.15) is 0 Å². The zero-order chi connectivity index (χ0) is 16.9. The molecule has 0 atom stereocenters. The number of benzene rings is 1. The highest BCUT2D eigenvalue weighted by atomic mass is 32.1. The molecule has 0 amide bonds. The molecule has 4 rings (SSSR count). The predicted octanol–water partition coefficient (Wildman–Crippen LogP) is 4.13. The molecule has 3 nitrogen and oxygen atoms in total. The van der Waals surface area contributed by atoms with E-state index in [9.17, 15) is 0 Å². The molecule has 0 bridgehead atoms. The van der Waals surface area contributed by atoms with Crippen molar-refractivity contribution in [3.63, 3.8) is 0 Å². The number of thiophene rings is 1. The lowest BCUT2D eigenvalue weighted by Crippen LogP contribution is -2.45. The van der Waals surface area contributed by atoms with Crippen LogP contribution in [0.4, 0.5) is 0 Å². The number of aromatic nitrogens is 1. The first kappa shape index (κ1) is 16.5. The van der Waals surface area contributed by atoms with E-state index >= 15 is 0 Å². The molecular weight excluding hydrogens is 326 g/mol. The molecule has 3 aromatic rings. The second-order valence-corrected chi connectivity index (χ2v) is 7.71. The van der Waals surface area contributed by atoms with Crippen LogP contribution in [-0.2, 0) is 13.1 Å². The Bertz CT molecular complexity index is 777. The lowest BCUT2D eigenvalue weighted by Gasteiger charge is -2.34. The third-order valence-corrected chi connectivity index (χ3v) is 5.84. The molecular formula is C21H23N3S. The fourth-order valence-electron chi connectivity index (χ4n) is 3.29. The quantitative estimate of drug-likeness (QED) is 0.690. The number of rotatable bonds is 5. The SMILES string of the molecule is c1ccc(-c2ccc(CN3CCN(Cc4ccncc4)CC3)s2)cc1. The third-order valence-electron chi connectivity index (χ3n) is 4.72. The van der Waals surface area contributed by atoms with E-state index in [1.807, 2.05) is 23.7 Å². The van der Waals surface area contributed by atoms with Gasteiger partial charge in [-0.15, -0.1) is 11.3 Å². The first-order valence-corrected chi connectivity index (χ1v) is 9.66. The average molecular weight is 350 g/mol. The third kappa shape index (κ3) is 4.34. The summed E-state index contributed by atoms with van der Waals surface area (Å²) in [7, 11) is 0. The number of pyridine rings is 1. The van der Waals surface area contributed by atoms with Gasteiger partial charge in [0, 0.05) is 61.4 Å². The summed E-state index contributed by atoms with van der Waals surface area (Å²) in [6, 6.07) is 19.4. The first-order chi connectivity index (χ1) is 12.4. The van der Waals surface area contributed by atoms with Crippen molar-refractivity contribution in [2.24, 2.45) is 0 Å². The molecule has 2 aromatic heterocycles. The number of hydrogen-bond acceptors (Lipinski definition) is 4. The monoisotopic (exact) mass is 349 g/mol. The van der Waals surface area contributed by atoms with Crippen molar-refractivity contribution in [3.05, 3.63) is 77.4 Å². The van der Waals surface area contributed by atoms with Gasteiger partial charge in [0.25, 0.3) is 0 Å². The zero-order valence-corrected chi connectivity index (χ0v) is 15.2. The van der Waals surface area contributed by atoms with Crippen LogP contribution >= 0.6 is 11.3 Å². The molecule has 0 saturated carbocycles. The molecule has 1 aromatic carbocycles. The molecule has 3 heterocycles. The number of nitrogens with zero attached hydrogens (tertiary/aromatic N) is 3. The van der Waals surface area contributed by atoms with E-state index in [0.29, 0.717) is 0 Å². The average Bonchev–Trinajstić information content (AvgIpc) is 3.14. The minimum absolute atomic E-state index is 1.04. The highest BCUT2D eigenvalue weighted by molar-refractivity contribution is 7.15. The summed E-state index contributed by atoms with van der Waals surface area (Å²) >= 11 is 1.92. The molecule has 1 fully saturated rings. The summed E-state index contributed by atoms with van der Waals surface area (Å²) in [4.78, 5) is 12.0. The van der Waals surface area contributed by atoms with Gasteiger partial charge in [0.05, 0.1) is 0 Å². The fourth-order valence-corrected chi connectivity index (χ4v) is 4.35. The molecule has 25 heavy (non-hydrogen) atoms. The highest BCUT2D eigenvalue weighted by Gasteiger charge is 2.17. The van der Waals surface area contributed by atoms with Gasteiger partial charge >= 0.3 is 0 Å². The van der Waals surface area contributed by atoms with Crippen molar-refractivity contribution in [3.8, 4) is 10.4 Å². The molecule has 0 aliphatic carbocycles. The molecule has 1 aliphatic heterocycles.